The van der Waals surface area contributed by atoms with Gasteiger partial charge in [-0.1, -0.05) is 87.8 Å². The van der Waals surface area contributed by atoms with Gasteiger partial charge in [0.25, 0.3) is 51.2 Å². The number of rotatable bonds is 6. The van der Waals surface area contributed by atoms with Crippen molar-refractivity contribution < 1.29 is 54.3 Å². The van der Waals surface area contributed by atoms with E-state index in [9.17, 15) is 0 Å². The van der Waals surface area contributed by atoms with Gasteiger partial charge in [0.1, 0.15) is 0 Å². The Labute approximate surface area is 509 Å². The molecule has 10 saturated heterocycles. The summed E-state index contributed by atoms with van der Waals surface area (Å²) in [5, 5.41) is 0. The van der Waals surface area contributed by atoms with Crippen molar-refractivity contribution in [2.45, 2.75) is 139 Å². The quantitative estimate of drug-likeness (QED) is 0.254. The zero-order valence-corrected chi connectivity index (χ0v) is 56.1. The van der Waals surface area contributed by atoms with Gasteiger partial charge in [-0.3, -0.25) is 0 Å². The van der Waals surface area contributed by atoms with E-state index in [1.165, 1.54) is 151 Å². The molecule has 18 rings (SSSR count). The Balaban J connectivity index is 0.0000000940. The second-order valence-corrected chi connectivity index (χ2v) is 35.2. The molecule has 0 radical (unpaired) electrons. The molecule has 468 valence electrons. The minimum absolute atomic E-state index is 0.542. The zero-order chi connectivity index (χ0) is 57.3. The van der Waals surface area contributed by atoms with Crippen LogP contribution < -0.4 is 9.34 Å². The second kappa shape index (κ2) is 29.3. The maximum absolute atomic E-state index is 5.77. The molecule has 0 N–H and O–H groups in total. The Morgan fingerprint density at radius 2 is 0.583 bits per heavy atom. The molecule has 4 saturated carbocycles. The van der Waals surface area contributed by atoms with Gasteiger partial charge in [-0.25, -0.2) is 18.7 Å². The van der Waals surface area contributed by atoms with E-state index in [0.29, 0.717) is 11.8 Å². The third kappa shape index (κ3) is 12.9. The fourth-order valence-electron chi connectivity index (χ4n) is 17.6. The standard InChI is InChI=1S/4C10H18NO2P.2C10H12NO2P/c6*1-12-14-11-6-8(7-13-14)9-4-2-3-5-10(9)11/h4*8-10H,2-7H2,1H3;2*2-5,8H,6-7H2,1H3/t2*8-,9+,10?,14-;2*8-,9-,10?,14-;2*8-,14-/m101010/s1. The van der Waals surface area contributed by atoms with Gasteiger partial charge in [0.05, 0.1) is 39.6 Å². The number of hydrogen-bond acceptors (Lipinski definition) is 18. The van der Waals surface area contributed by atoms with Crippen LogP contribution in [-0.2, 0) is 54.3 Å². The number of hydrogen-bond donors (Lipinski definition) is 0. The number of fused-ring (bicyclic) bond motifs is 30. The molecule has 4 aliphatic carbocycles. The zero-order valence-electron chi connectivity index (χ0n) is 50.8. The van der Waals surface area contributed by atoms with E-state index in [-0.39, 0.29) is 0 Å². The van der Waals surface area contributed by atoms with Crippen LogP contribution in [0.2, 0.25) is 0 Å². The Morgan fingerprint density at radius 3 is 0.869 bits per heavy atom. The SMILES string of the molecule is CO[P@@]1OC[C@@H]2CN1C1CCCC[C@@H]12.CO[P@@]1OC[C@@H]2CN1C1CCCC[C@H]12.CO[P@@]1OC[C@@H]2CN1c1ccccc12.CO[P@]1OC[C@H]2CN1C1CCCC[C@@H]12.CO[P@]1OC[C@H]2CN1C1CCCC[C@H]12.CO[P@]1OC[C@H]2CN1c1ccccc12. The Bertz CT molecular complexity index is 2190. The first-order valence-electron chi connectivity index (χ1n) is 32.0. The summed E-state index contributed by atoms with van der Waals surface area (Å²) >= 11 is 0. The predicted molar refractivity (Wildman–Crippen MR) is 336 cm³/mol. The fourth-order valence-corrected chi connectivity index (χ4v) is 27.1. The highest BCUT2D eigenvalue weighted by atomic mass is 31.2. The molecule has 16 aliphatic rings. The summed E-state index contributed by atoms with van der Waals surface area (Å²) in [6.45, 7) is 12.4. The van der Waals surface area contributed by atoms with Crippen molar-refractivity contribution in [3.8, 4) is 0 Å². The van der Waals surface area contributed by atoms with Gasteiger partial charge in [0.2, 0.25) is 0 Å². The van der Waals surface area contributed by atoms with Crippen LogP contribution in [0.5, 0.6) is 0 Å². The Kier molecular flexibility index (Phi) is 21.9. The molecule has 12 heterocycles. The fraction of sp³-hybridized carbons (Fsp3) is 0.800. The third-order valence-electron chi connectivity index (χ3n) is 21.4. The number of para-hydroxylation sites is 2. The highest BCUT2D eigenvalue weighted by molar-refractivity contribution is 7.49. The van der Waals surface area contributed by atoms with E-state index < -0.39 is 51.2 Å². The van der Waals surface area contributed by atoms with Gasteiger partial charge in [-0.15, -0.1) is 0 Å². The van der Waals surface area contributed by atoms with Crippen LogP contribution in [0, 0.1) is 47.3 Å². The smallest absolute Gasteiger partial charge is 0.289 e. The Morgan fingerprint density at radius 1 is 0.321 bits per heavy atom. The summed E-state index contributed by atoms with van der Waals surface area (Å²) in [7, 11) is 6.05. The largest absolute Gasteiger partial charge is 0.325 e. The molecule has 24 atom stereocenters. The normalized spacial score (nSPS) is 44.1. The first-order valence-corrected chi connectivity index (χ1v) is 38.8. The van der Waals surface area contributed by atoms with E-state index in [0.717, 1.165) is 124 Å². The van der Waals surface area contributed by atoms with Crippen molar-refractivity contribution >= 4 is 62.5 Å². The average Bonchev–Trinajstić information content (AvgIpc) is 4.17. The number of benzene rings is 2. The molecule has 2 aromatic carbocycles. The maximum Gasteiger partial charge on any atom is 0.289 e. The molecular weight excluding hydrogens is 1180 g/mol. The lowest BCUT2D eigenvalue weighted by atomic mass is 9.80. The summed E-state index contributed by atoms with van der Waals surface area (Å²) in [5.74, 6) is 7.92. The van der Waals surface area contributed by atoms with Crippen LogP contribution in [0.1, 0.15) is 126 Å². The average molecular weight is 1280 g/mol. The molecule has 0 amide bonds. The van der Waals surface area contributed by atoms with Crippen LogP contribution in [0.3, 0.4) is 0 Å². The van der Waals surface area contributed by atoms with Crippen LogP contribution in [-0.4, -0.2) is 164 Å². The molecule has 12 bridgehead atoms. The first-order chi connectivity index (χ1) is 41.4. The molecule has 14 fully saturated rings. The summed E-state index contributed by atoms with van der Waals surface area (Å²) in [5.41, 5.74) is 5.41. The van der Waals surface area contributed by atoms with Crippen molar-refractivity contribution in [2.24, 2.45) is 47.3 Å². The van der Waals surface area contributed by atoms with Crippen molar-refractivity contribution in [2.75, 3.05) is 131 Å². The van der Waals surface area contributed by atoms with Crippen molar-refractivity contribution in [1.82, 2.24) is 18.7 Å². The van der Waals surface area contributed by atoms with E-state index in [2.05, 4.69) is 76.6 Å². The molecule has 0 aromatic heterocycles. The van der Waals surface area contributed by atoms with Gasteiger partial charge >= 0.3 is 0 Å². The minimum atomic E-state index is -0.845. The van der Waals surface area contributed by atoms with Gasteiger partial charge < -0.3 is 63.6 Å². The van der Waals surface area contributed by atoms with Crippen LogP contribution in [0.15, 0.2) is 48.5 Å². The monoisotopic (exact) mass is 1280 g/mol. The van der Waals surface area contributed by atoms with Gasteiger partial charge in [0.15, 0.2) is 0 Å². The van der Waals surface area contributed by atoms with E-state index in [1.54, 1.807) is 42.7 Å². The van der Waals surface area contributed by atoms with Crippen molar-refractivity contribution in [3.05, 3.63) is 59.7 Å². The van der Waals surface area contributed by atoms with Crippen molar-refractivity contribution in [3.63, 3.8) is 0 Å². The lowest BCUT2D eigenvalue weighted by Gasteiger charge is -2.33. The molecular formula is C60H96N6O12P6. The van der Waals surface area contributed by atoms with E-state index in [4.69, 9.17) is 54.3 Å². The molecule has 0 spiro atoms. The summed E-state index contributed by atoms with van der Waals surface area (Å²) in [6, 6.07) is 20.1. The van der Waals surface area contributed by atoms with Gasteiger partial charge in [0, 0.05) is 153 Å². The minimum Gasteiger partial charge on any atom is -0.325 e. The van der Waals surface area contributed by atoms with Gasteiger partial charge in [-0.2, -0.15) is 0 Å². The molecule has 2 aromatic rings. The molecule has 12 aliphatic heterocycles. The third-order valence-corrected chi connectivity index (χ3v) is 30.6. The molecule has 24 heteroatoms. The first kappa shape index (κ1) is 62.8. The highest BCUT2D eigenvalue weighted by Gasteiger charge is 2.54. The summed E-state index contributed by atoms with van der Waals surface area (Å²) in [4.78, 5) is 0. The van der Waals surface area contributed by atoms with Crippen LogP contribution in [0.4, 0.5) is 11.4 Å². The molecule has 8 unspecified atom stereocenters. The van der Waals surface area contributed by atoms with Gasteiger partial charge in [-0.05, 0) is 98.3 Å². The maximum atomic E-state index is 5.77. The number of anilines is 2. The molecule has 18 nitrogen and oxygen atoms in total. The second-order valence-electron chi connectivity index (χ2n) is 25.6. The molecule has 84 heavy (non-hydrogen) atoms. The topological polar surface area (TPSA) is 130 Å². The summed E-state index contributed by atoms with van der Waals surface area (Å²) in [6.07, 6.45) is 22.5. The highest BCUT2D eigenvalue weighted by Crippen LogP contribution is 2.62. The van der Waals surface area contributed by atoms with Crippen LogP contribution >= 0.6 is 51.2 Å². The predicted octanol–water partition coefficient (Wildman–Crippen LogP) is 14.5. The van der Waals surface area contributed by atoms with E-state index >= 15 is 0 Å². The number of nitrogens with zero attached hydrogens (tertiary/aromatic N) is 6. The lowest BCUT2D eigenvalue weighted by Crippen LogP contribution is -2.31. The Hall–Kier alpha value is -0.0200. The summed E-state index contributed by atoms with van der Waals surface area (Å²) < 4.78 is 81.4. The lowest BCUT2D eigenvalue weighted by molar-refractivity contribution is 0.171. The van der Waals surface area contributed by atoms with E-state index in [1.807, 2.05) is 0 Å². The van der Waals surface area contributed by atoms with Crippen molar-refractivity contribution in [1.29, 1.82) is 0 Å². The van der Waals surface area contributed by atoms with Crippen LogP contribution in [0.25, 0.3) is 0 Å².